The molecule has 0 fully saturated rings. The maximum absolute atomic E-state index is 13.0. The van der Waals surface area contributed by atoms with Crippen LogP contribution in [0.5, 0.6) is 23.0 Å². The number of hydrogen-bond donors (Lipinski definition) is 1. The Bertz CT molecular complexity index is 1360. The third kappa shape index (κ3) is 7.09. The van der Waals surface area contributed by atoms with E-state index < -0.39 is 34.0 Å². The number of rotatable bonds is 11. The number of carbonyl (C=O) groups is 1. The highest BCUT2D eigenvalue weighted by Crippen LogP contribution is 2.38. The van der Waals surface area contributed by atoms with E-state index in [-0.39, 0.29) is 17.9 Å². The fourth-order valence-electron chi connectivity index (χ4n) is 3.13. The summed E-state index contributed by atoms with van der Waals surface area (Å²) in [7, 11) is 0. The van der Waals surface area contributed by atoms with Gasteiger partial charge in [0.1, 0.15) is 12.4 Å². The van der Waals surface area contributed by atoms with Crippen LogP contribution in [0.1, 0.15) is 28.4 Å². The van der Waals surface area contributed by atoms with Gasteiger partial charge in [0.05, 0.1) is 23.3 Å². The normalized spacial score (nSPS) is 11.2. The zero-order valence-electron chi connectivity index (χ0n) is 20.0. The lowest BCUT2D eigenvalue weighted by Crippen LogP contribution is -2.18. The number of ether oxygens (including phenoxy) is 3. The lowest BCUT2D eigenvalue weighted by molar-refractivity contribution is -0.385. The van der Waals surface area contributed by atoms with E-state index in [4.69, 9.17) is 14.2 Å². The Kier molecular flexibility index (Phi) is 9.04. The molecule has 0 aliphatic rings. The van der Waals surface area contributed by atoms with Crippen LogP contribution < -0.4 is 19.6 Å². The highest BCUT2D eigenvalue weighted by Gasteiger charge is 2.33. The minimum absolute atomic E-state index is 0.0655. The Labute approximate surface area is 215 Å². The van der Waals surface area contributed by atoms with E-state index in [0.29, 0.717) is 35.8 Å². The number of hydrazone groups is 1. The zero-order valence-corrected chi connectivity index (χ0v) is 20.0. The number of nitro benzene ring substituents is 1. The molecule has 0 bridgehead atoms. The molecule has 0 aliphatic carbocycles. The Balaban J connectivity index is 1.78. The van der Waals surface area contributed by atoms with Crippen LogP contribution in [0.4, 0.5) is 18.9 Å². The second kappa shape index (κ2) is 12.4. The average Bonchev–Trinajstić information content (AvgIpc) is 2.88. The summed E-state index contributed by atoms with van der Waals surface area (Å²) in [6.45, 7) is 5.97. The van der Waals surface area contributed by atoms with Gasteiger partial charge in [0.25, 0.3) is 5.91 Å². The fourth-order valence-corrected chi connectivity index (χ4v) is 3.13. The number of carbonyl (C=O) groups excluding carboxylic acids is 1. The topological polar surface area (TPSA) is 112 Å². The standard InChI is InChI=1S/C26H22F3N3O6/c1-3-13-37-23-11-9-17(14-24(23)36-4-2)25(33)31-30-16-18-7-5-6-8-21(18)38-22-12-10-19(26(27,28)29)15-20(22)32(34)35/h3,5-12,14-16H,1,4,13H2,2H3,(H,31,33)/b30-16+. The molecule has 0 aliphatic heterocycles. The van der Waals surface area contributed by atoms with Crippen molar-refractivity contribution in [2.24, 2.45) is 5.10 Å². The van der Waals surface area contributed by atoms with Crippen LogP contribution in [0.15, 0.2) is 78.4 Å². The summed E-state index contributed by atoms with van der Waals surface area (Å²) in [4.78, 5) is 23.0. The first-order valence-corrected chi connectivity index (χ1v) is 11.1. The van der Waals surface area contributed by atoms with E-state index in [9.17, 15) is 28.1 Å². The van der Waals surface area contributed by atoms with Crippen LogP contribution in [-0.2, 0) is 6.18 Å². The van der Waals surface area contributed by atoms with E-state index in [1.54, 1.807) is 37.3 Å². The molecule has 198 valence electrons. The van der Waals surface area contributed by atoms with Crippen LogP contribution >= 0.6 is 0 Å². The maximum Gasteiger partial charge on any atom is 0.416 e. The fraction of sp³-hybridized carbons (Fsp3) is 0.154. The second-order valence-electron chi connectivity index (χ2n) is 7.47. The molecule has 0 unspecified atom stereocenters. The summed E-state index contributed by atoms with van der Waals surface area (Å²) >= 11 is 0. The van der Waals surface area contributed by atoms with Gasteiger partial charge < -0.3 is 14.2 Å². The first-order valence-electron chi connectivity index (χ1n) is 11.1. The summed E-state index contributed by atoms with van der Waals surface area (Å²) in [6.07, 6.45) is -1.95. The third-order valence-electron chi connectivity index (χ3n) is 4.85. The van der Waals surface area contributed by atoms with Crippen LogP contribution in [0, 0.1) is 10.1 Å². The highest BCUT2D eigenvalue weighted by molar-refractivity contribution is 5.95. The molecule has 1 amide bonds. The van der Waals surface area contributed by atoms with Gasteiger partial charge in [-0.3, -0.25) is 14.9 Å². The molecule has 38 heavy (non-hydrogen) atoms. The predicted molar refractivity (Wildman–Crippen MR) is 133 cm³/mol. The Morgan fingerprint density at radius 1 is 1.05 bits per heavy atom. The van der Waals surface area contributed by atoms with Crippen LogP contribution in [0.3, 0.4) is 0 Å². The van der Waals surface area contributed by atoms with Gasteiger partial charge in [0, 0.05) is 17.2 Å². The number of halogens is 3. The summed E-state index contributed by atoms with van der Waals surface area (Å²) in [6, 6.07) is 12.7. The molecule has 0 radical (unpaired) electrons. The molecule has 0 atom stereocenters. The van der Waals surface area contributed by atoms with Gasteiger partial charge in [-0.15, -0.1) is 0 Å². The highest BCUT2D eigenvalue weighted by atomic mass is 19.4. The van der Waals surface area contributed by atoms with Crippen molar-refractivity contribution < 1.29 is 37.1 Å². The number of nitrogens with one attached hydrogen (secondary N) is 1. The number of benzene rings is 3. The minimum Gasteiger partial charge on any atom is -0.490 e. The molecule has 0 spiro atoms. The molecule has 1 N–H and O–H groups in total. The number of amides is 1. The van der Waals surface area contributed by atoms with Crippen molar-refractivity contribution in [1.29, 1.82) is 0 Å². The molecular formula is C26H22F3N3O6. The van der Waals surface area contributed by atoms with E-state index in [1.807, 2.05) is 0 Å². The SMILES string of the molecule is C=CCOc1ccc(C(=O)N/N=C/c2ccccc2Oc2ccc(C(F)(F)F)cc2[N+](=O)[O-])cc1OCC. The van der Waals surface area contributed by atoms with Crippen LogP contribution in [0.2, 0.25) is 0 Å². The largest absolute Gasteiger partial charge is 0.490 e. The summed E-state index contributed by atoms with van der Waals surface area (Å²) in [5.41, 5.74) is 0.852. The molecule has 9 nitrogen and oxygen atoms in total. The number of alkyl halides is 3. The smallest absolute Gasteiger partial charge is 0.416 e. The molecule has 0 heterocycles. The van der Waals surface area contributed by atoms with Gasteiger partial charge in [-0.1, -0.05) is 24.8 Å². The first-order chi connectivity index (χ1) is 18.1. The maximum atomic E-state index is 13.0. The molecule has 3 rings (SSSR count). The van der Waals surface area contributed by atoms with Gasteiger partial charge in [-0.05, 0) is 49.4 Å². The Morgan fingerprint density at radius 3 is 2.47 bits per heavy atom. The monoisotopic (exact) mass is 529 g/mol. The molecule has 0 aromatic heterocycles. The lowest BCUT2D eigenvalue weighted by Gasteiger charge is -2.12. The van der Waals surface area contributed by atoms with Crippen molar-refractivity contribution >= 4 is 17.8 Å². The third-order valence-corrected chi connectivity index (χ3v) is 4.85. The molecule has 0 saturated carbocycles. The number of para-hydroxylation sites is 1. The summed E-state index contributed by atoms with van der Waals surface area (Å²) < 4.78 is 55.5. The van der Waals surface area contributed by atoms with Crippen molar-refractivity contribution in [2.75, 3.05) is 13.2 Å². The summed E-state index contributed by atoms with van der Waals surface area (Å²) in [5.74, 6) is -0.0850. The molecule has 3 aromatic carbocycles. The Morgan fingerprint density at radius 2 is 1.79 bits per heavy atom. The second-order valence-corrected chi connectivity index (χ2v) is 7.47. The average molecular weight is 529 g/mol. The van der Waals surface area contributed by atoms with E-state index in [0.717, 1.165) is 6.07 Å². The van der Waals surface area contributed by atoms with E-state index in [2.05, 4.69) is 17.1 Å². The van der Waals surface area contributed by atoms with Crippen molar-refractivity contribution in [1.82, 2.24) is 5.43 Å². The van der Waals surface area contributed by atoms with Crippen molar-refractivity contribution in [3.8, 4) is 23.0 Å². The minimum atomic E-state index is -4.76. The lowest BCUT2D eigenvalue weighted by atomic mass is 10.1. The van der Waals surface area contributed by atoms with Gasteiger partial charge in [0.15, 0.2) is 11.5 Å². The number of nitro groups is 1. The van der Waals surface area contributed by atoms with Gasteiger partial charge >= 0.3 is 11.9 Å². The quantitative estimate of drug-likeness (QED) is 0.138. The number of nitrogens with zero attached hydrogens (tertiary/aromatic N) is 2. The first kappa shape index (κ1) is 27.7. The van der Waals surface area contributed by atoms with Gasteiger partial charge in [0.2, 0.25) is 5.75 Å². The summed E-state index contributed by atoms with van der Waals surface area (Å²) in [5, 5.41) is 15.3. The molecule has 12 heteroatoms. The molecular weight excluding hydrogens is 507 g/mol. The van der Waals surface area contributed by atoms with E-state index >= 15 is 0 Å². The van der Waals surface area contributed by atoms with Crippen molar-refractivity contribution in [2.45, 2.75) is 13.1 Å². The van der Waals surface area contributed by atoms with Gasteiger partial charge in [-0.2, -0.15) is 18.3 Å². The van der Waals surface area contributed by atoms with Crippen molar-refractivity contribution in [3.05, 3.63) is 100 Å². The van der Waals surface area contributed by atoms with Crippen LogP contribution in [0.25, 0.3) is 0 Å². The van der Waals surface area contributed by atoms with Crippen LogP contribution in [-0.4, -0.2) is 30.3 Å². The number of hydrogen-bond acceptors (Lipinski definition) is 7. The predicted octanol–water partition coefficient (Wildman–Crippen LogP) is 6.13. The van der Waals surface area contributed by atoms with E-state index in [1.165, 1.54) is 24.4 Å². The Hall–Kier alpha value is -4.87. The molecule has 0 saturated heterocycles. The van der Waals surface area contributed by atoms with Gasteiger partial charge in [-0.25, -0.2) is 5.43 Å². The van der Waals surface area contributed by atoms with Crippen molar-refractivity contribution in [3.63, 3.8) is 0 Å². The molecule has 3 aromatic rings. The zero-order chi connectivity index (χ0) is 27.7.